The number of likely N-dealkylation sites (tertiary alicyclic amines) is 3. The van der Waals surface area contributed by atoms with E-state index < -0.39 is 5.41 Å². The number of halogens is 1. The van der Waals surface area contributed by atoms with Gasteiger partial charge in [-0.25, -0.2) is 4.39 Å². The molecule has 1 unspecified atom stereocenters. The van der Waals surface area contributed by atoms with Crippen molar-refractivity contribution in [2.24, 2.45) is 5.41 Å². The molecule has 5 nitrogen and oxygen atoms in total. The second-order valence-corrected chi connectivity index (χ2v) is 10.3. The van der Waals surface area contributed by atoms with Gasteiger partial charge in [-0.1, -0.05) is 30.3 Å². The third-order valence-corrected chi connectivity index (χ3v) is 8.16. The summed E-state index contributed by atoms with van der Waals surface area (Å²) in [4.78, 5) is 33.0. The Bertz CT molecular complexity index is 1060. The van der Waals surface area contributed by atoms with Crippen molar-refractivity contribution in [3.05, 3.63) is 71.0 Å². The molecule has 5 rings (SSSR count). The third kappa shape index (κ3) is 4.48. The Hall–Kier alpha value is -2.73. The van der Waals surface area contributed by atoms with Crippen LogP contribution in [0.5, 0.6) is 0 Å². The molecule has 0 N–H and O–H groups in total. The highest BCUT2D eigenvalue weighted by Gasteiger charge is 2.51. The number of likely N-dealkylation sites (N-methyl/N-ethyl adjacent to an activating group) is 1. The minimum atomic E-state index is -0.404. The third-order valence-electron chi connectivity index (χ3n) is 8.16. The van der Waals surface area contributed by atoms with Crippen LogP contribution in [0.15, 0.2) is 48.5 Å². The van der Waals surface area contributed by atoms with Crippen LogP contribution in [0.2, 0.25) is 0 Å². The highest BCUT2D eigenvalue weighted by molar-refractivity contribution is 5.96. The van der Waals surface area contributed by atoms with Crippen LogP contribution in [0, 0.1) is 11.2 Å². The van der Waals surface area contributed by atoms with Crippen molar-refractivity contribution in [3.8, 4) is 0 Å². The van der Waals surface area contributed by atoms with E-state index >= 15 is 0 Å². The fraction of sp³-hybridized carbons (Fsp3) is 0.500. The standard InChI is InChI=1S/C28H34FN3O2/c1-30-24(18-21-7-6-9-23(29)17-21)19-28(27(30)34)11-15-32(16-12-28)26(33)25-10-3-2-8-22(25)20-31-13-4-5-14-31/h2-3,6-10,17,24H,4-5,11-16,18-20H2,1H3. The maximum absolute atomic E-state index is 13.6. The van der Waals surface area contributed by atoms with E-state index in [0.29, 0.717) is 32.4 Å². The number of rotatable bonds is 5. The van der Waals surface area contributed by atoms with Crippen LogP contribution in [0.25, 0.3) is 0 Å². The van der Waals surface area contributed by atoms with E-state index in [9.17, 15) is 14.0 Å². The molecule has 3 fully saturated rings. The number of amides is 2. The Morgan fingerprint density at radius 3 is 2.50 bits per heavy atom. The molecular weight excluding hydrogens is 429 g/mol. The fourth-order valence-corrected chi connectivity index (χ4v) is 6.13. The van der Waals surface area contributed by atoms with E-state index in [0.717, 1.165) is 42.7 Å². The van der Waals surface area contributed by atoms with E-state index in [-0.39, 0.29) is 23.7 Å². The van der Waals surface area contributed by atoms with Gasteiger partial charge < -0.3 is 9.80 Å². The molecular formula is C28H34FN3O2. The molecule has 2 aromatic carbocycles. The lowest BCUT2D eigenvalue weighted by Gasteiger charge is -2.38. The molecule has 2 aromatic rings. The Morgan fingerprint density at radius 1 is 1.03 bits per heavy atom. The number of hydrogen-bond acceptors (Lipinski definition) is 3. The van der Waals surface area contributed by atoms with Gasteiger partial charge in [-0.15, -0.1) is 0 Å². The molecule has 3 saturated heterocycles. The molecule has 2 amide bonds. The zero-order chi connectivity index (χ0) is 23.7. The summed E-state index contributed by atoms with van der Waals surface area (Å²) < 4.78 is 13.6. The molecule has 34 heavy (non-hydrogen) atoms. The Kier molecular flexibility index (Phi) is 6.43. The Labute approximate surface area is 201 Å². The lowest BCUT2D eigenvalue weighted by Crippen LogP contribution is -2.46. The monoisotopic (exact) mass is 463 g/mol. The summed E-state index contributed by atoms with van der Waals surface area (Å²) in [7, 11) is 1.87. The van der Waals surface area contributed by atoms with Gasteiger partial charge in [-0.3, -0.25) is 14.5 Å². The quantitative estimate of drug-likeness (QED) is 0.670. The highest BCUT2D eigenvalue weighted by Crippen LogP contribution is 2.45. The molecule has 6 heteroatoms. The molecule has 3 aliphatic rings. The van der Waals surface area contributed by atoms with Gasteiger partial charge in [0.15, 0.2) is 0 Å². The first-order valence-electron chi connectivity index (χ1n) is 12.6. The first-order chi connectivity index (χ1) is 16.4. The summed E-state index contributed by atoms with van der Waals surface area (Å²) >= 11 is 0. The van der Waals surface area contributed by atoms with Crippen LogP contribution in [-0.4, -0.2) is 65.8 Å². The molecule has 0 bridgehead atoms. The van der Waals surface area contributed by atoms with Crippen molar-refractivity contribution in [2.45, 2.75) is 51.1 Å². The maximum atomic E-state index is 13.6. The van der Waals surface area contributed by atoms with Gasteiger partial charge in [0, 0.05) is 38.3 Å². The molecule has 180 valence electrons. The van der Waals surface area contributed by atoms with Gasteiger partial charge in [0.05, 0.1) is 5.41 Å². The van der Waals surface area contributed by atoms with Gasteiger partial charge in [-0.2, -0.15) is 0 Å². The van der Waals surface area contributed by atoms with Gasteiger partial charge in [0.1, 0.15) is 5.82 Å². The lowest BCUT2D eigenvalue weighted by atomic mass is 9.75. The molecule has 3 heterocycles. The largest absolute Gasteiger partial charge is 0.342 e. The number of benzene rings is 2. The summed E-state index contributed by atoms with van der Waals surface area (Å²) in [6.07, 6.45) is 5.27. The van der Waals surface area contributed by atoms with Crippen LogP contribution in [0.3, 0.4) is 0 Å². The maximum Gasteiger partial charge on any atom is 0.254 e. The molecule has 1 atom stereocenters. The van der Waals surface area contributed by atoms with Crippen molar-refractivity contribution in [3.63, 3.8) is 0 Å². The number of carbonyl (C=O) groups is 2. The van der Waals surface area contributed by atoms with E-state index in [1.54, 1.807) is 12.1 Å². The second-order valence-electron chi connectivity index (χ2n) is 10.3. The topological polar surface area (TPSA) is 43.9 Å². The van der Waals surface area contributed by atoms with Crippen LogP contribution in [0.1, 0.15) is 53.6 Å². The number of carbonyl (C=O) groups excluding carboxylic acids is 2. The molecule has 3 aliphatic heterocycles. The molecule has 0 radical (unpaired) electrons. The summed E-state index contributed by atoms with van der Waals surface area (Å²) in [5.74, 6) is 0.0196. The zero-order valence-electron chi connectivity index (χ0n) is 20.0. The van der Waals surface area contributed by atoms with Gasteiger partial charge in [0.25, 0.3) is 5.91 Å². The predicted octanol–water partition coefficient (Wildman–Crippen LogP) is 4.12. The van der Waals surface area contributed by atoms with Gasteiger partial charge in [0.2, 0.25) is 5.91 Å². The van der Waals surface area contributed by atoms with Crippen LogP contribution in [0.4, 0.5) is 4.39 Å². The van der Waals surface area contributed by atoms with Crippen molar-refractivity contribution in [1.29, 1.82) is 0 Å². The van der Waals surface area contributed by atoms with Crippen LogP contribution < -0.4 is 0 Å². The Balaban J connectivity index is 1.24. The average molecular weight is 464 g/mol. The summed E-state index contributed by atoms with van der Waals surface area (Å²) in [5.41, 5.74) is 2.41. The fourth-order valence-electron chi connectivity index (χ4n) is 6.13. The highest BCUT2D eigenvalue weighted by atomic mass is 19.1. The molecule has 0 saturated carbocycles. The molecule has 1 spiro atoms. The normalized spacial score (nSPS) is 22.6. The summed E-state index contributed by atoms with van der Waals surface area (Å²) in [6.45, 7) is 4.22. The van der Waals surface area contributed by atoms with Crippen molar-refractivity contribution >= 4 is 11.8 Å². The minimum Gasteiger partial charge on any atom is -0.342 e. The van der Waals surface area contributed by atoms with Crippen molar-refractivity contribution in [2.75, 3.05) is 33.2 Å². The average Bonchev–Trinajstić information content (AvgIpc) is 3.43. The first-order valence-corrected chi connectivity index (χ1v) is 12.6. The predicted molar refractivity (Wildman–Crippen MR) is 130 cm³/mol. The van der Waals surface area contributed by atoms with E-state index in [1.165, 1.54) is 18.9 Å². The van der Waals surface area contributed by atoms with E-state index in [1.807, 2.05) is 41.1 Å². The van der Waals surface area contributed by atoms with Crippen molar-refractivity contribution < 1.29 is 14.0 Å². The van der Waals surface area contributed by atoms with E-state index in [2.05, 4.69) is 11.0 Å². The minimum absolute atomic E-state index is 0.0674. The van der Waals surface area contributed by atoms with Gasteiger partial charge in [-0.05, 0) is 80.9 Å². The zero-order valence-corrected chi connectivity index (χ0v) is 20.0. The summed E-state index contributed by atoms with van der Waals surface area (Å²) in [5, 5.41) is 0. The van der Waals surface area contributed by atoms with Crippen LogP contribution >= 0.6 is 0 Å². The second kappa shape index (κ2) is 9.49. The molecule has 0 aliphatic carbocycles. The smallest absolute Gasteiger partial charge is 0.254 e. The SMILES string of the molecule is CN1C(=O)C2(CCN(C(=O)c3ccccc3CN3CCCC3)CC2)CC1Cc1cccc(F)c1. The van der Waals surface area contributed by atoms with Crippen molar-refractivity contribution in [1.82, 2.24) is 14.7 Å². The van der Waals surface area contributed by atoms with Crippen LogP contribution in [-0.2, 0) is 17.8 Å². The first kappa shape index (κ1) is 23.0. The number of nitrogens with zero attached hydrogens (tertiary/aromatic N) is 3. The lowest BCUT2D eigenvalue weighted by molar-refractivity contribution is -0.137. The number of hydrogen-bond donors (Lipinski definition) is 0. The van der Waals surface area contributed by atoms with E-state index in [4.69, 9.17) is 0 Å². The van der Waals surface area contributed by atoms with Gasteiger partial charge >= 0.3 is 0 Å². The number of piperidine rings is 1. The molecule has 0 aromatic heterocycles. The Morgan fingerprint density at radius 2 is 1.76 bits per heavy atom. The summed E-state index contributed by atoms with van der Waals surface area (Å²) in [6, 6.07) is 14.7.